The molecule has 0 saturated carbocycles. The first-order chi connectivity index (χ1) is 6.68. The molecule has 2 unspecified atom stereocenters. The van der Waals surface area contributed by atoms with Gasteiger partial charge in [0.05, 0.1) is 0 Å². The van der Waals surface area contributed by atoms with Gasteiger partial charge in [0.2, 0.25) is 0 Å². The third-order valence-corrected chi connectivity index (χ3v) is 1.92. The van der Waals surface area contributed by atoms with Gasteiger partial charge in [-0.25, -0.2) is 0 Å². The van der Waals surface area contributed by atoms with E-state index >= 15 is 0 Å². The van der Waals surface area contributed by atoms with Gasteiger partial charge in [-0.3, -0.25) is 0 Å². The number of hydrogen-bond donors (Lipinski definition) is 1. The fourth-order valence-corrected chi connectivity index (χ4v) is 1.41. The van der Waals surface area contributed by atoms with Gasteiger partial charge in [0.1, 0.15) is 18.7 Å². The molecule has 0 aromatic rings. The monoisotopic (exact) mass is 228 g/mol. The molecule has 4 heteroatoms. The van der Waals surface area contributed by atoms with Crippen LogP contribution < -0.4 is 12.4 Å². The van der Waals surface area contributed by atoms with Crippen molar-refractivity contribution in [2.45, 2.75) is 13.0 Å². The first kappa shape index (κ1) is 14.1. The summed E-state index contributed by atoms with van der Waals surface area (Å²) < 4.78 is 0.221. The van der Waals surface area contributed by atoms with Crippen molar-refractivity contribution in [1.29, 1.82) is 0 Å². The molecule has 15 heavy (non-hydrogen) atoms. The van der Waals surface area contributed by atoms with E-state index in [0.717, 1.165) is 0 Å². The maximum Gasteiger partial charge on any atom is 0.274 e. The molecular formula is C11H15ClNO2+. The average molecular weight is 229 g/mol. The predicted molar refractivity (Wildman–Crippen MR) is 53.4 cm³/mol. The minimum Gasteiger partial charge on any atom is -1.00 e. The largest absolute Gasteiger partial charge is 1.00 e. The van der Waals surface area contributed by atoms with Crippen LogP contribution in [0, 0.1) is 18.4 Å². The number of quaternary nitrogens is 1. The van der Waals surface area contributed by atoms with E-state index in [4.69, 9.17) is 11.3 Å². The van der Waals surface area contributed by atoms with Crippen molar-refractivity contribution in [2.24, 2.45) is 0 Å². The van der Waals surface area contributed by atoms with E-state index in [1.165, 1.54) is 0 Å². The fraction of sp³-hybridized carbons (Fsp3) is 0.455. The second-order valence-corrected chi connectivity index (χ2v) is 3.34. The van der Waals surface area contributed by atoms with Crippen LogP contribution in [0.15, 0.2) is 18.4 Å². The zero-order valence-corrected chi connectivity index (χ0v) is 9.44. The van der Waals surface area contributed by atoms with E-state index in [1.807, 2.05) is 12.2 Å². The first-order valence-electron chi connectivity index (χ1n) is 4.57. The van der Waals surface area contributed by atoms with Gasteiger partial charge in [-0.2, -0.15) is 4.84 Å². The molecule has 0 fully saturated rings. The zero-order valence-electron chi connectivity index (χ0n) is 8.69. The molecule has 82 valence electrons. The lowest BCUT2D eigenvalue weighted by atomic mass is 10.3. The van der Waals surface area contributed by atoms with E-state index in [1.54, 1.807) is 13.1 Å². The first-order valence-corrected chi connectivity index (χ1v) is 4.57. The molecule has 1 aliphatic rings. The highest BCUT2D eigenvalue weighted by atomic mass is 35.5. The van der Waals surface area contributed by atoms with Gasteiger partial charge in [-0.05, 0) is 6.92 Å². The summed E-state index contributed by atoms with van der Waals surface area (Å²) in [5.41, 5.74) is 0. The number of hydrogen-bond acceptors (Lipinski definition) is 2. The number of aliphatic hydroxyl groups excluding tert-OH is 1. The van der Waals surface area contributed by atoms with Crippen LogP contribution in [0.4, 0.5) is 0 Å². The van der Waals surface area contributed by atoms with Gasteiger partial charge in [0.15, 0.2) is 25.3 Å². The number of terminal acetylenes is 1. The molecule has 0 radical (unpaired) electrons. The van der Waals surface area contributed by atoms with Crippen LogP contribution in [-0.4, -0.2) is 35.6 Å². The summed E-state index contributed by atoms with van der Waals surface area (Å²) in [5.74, 6) is 2.42. The molecule has 0 aromatic carbocycles. The van der Waals surface area contributed by atoms with Crippen molar-refractivity contribution in [3.63, 3.8) is 0 Å². The zero-order chi connectivity index (χ0) is 10.4. The highest BCUT2D eigenvalue weighted by Crippen LogP contribution is 2.14. The van der Waals surface area contributed by atoms with Crippen LogP contribution in [0.1, 0.15) is 6.92 Å². The molecular weight excluding hydrogens is 214 g/mol. The highest BCUT2D eigenvalue weighted by Gasteiger charge is 2.34. The number of nitrogens with zero attached hydrogens (tertiary/aromatic N) is 1. The van der Waals surface area contributed by atoms with E-state index in [-0.39, 0.29) is 23.7 Å². The maximum atomic E-state index is 9.35. The van der Waals surface area contributed by atoms with E-state index in [0.29, 0.717) is 13.1 Å². The van der Waals surface area contributed by atoms with Gasteiger partial charge in [0.25, 0.3) is 6.20 Å². The summed E-state index contributed by atoms with van der Waals surface area (Å²) >= 11 is 0. The summed E-state index contributed by atoms with van der Waals surface area (Å²) in [4.78, 5) is 5.50. The smallest absolute Gasteiger partial charge is 0.274 e. The summed E-state index contributed by atoms with van der Waals surface area (Å²) in [6.07, 6.45) is 13.2. The van der Waals surface area contributed by atoms with Gasteiger partial charge in [-0.1, -0.05) is 5.92 Å². The Morgan fingerprint density at radius 3 is 2.93 bits per heavy atom. The summed E-state index contributed by atoms with van der Waals surface area (Å²) in [6, 6.07) is 0. The van der Waals surface area contributed by atoms with Crippen molar-refractivity contribution in [3.8, 4) is 12.3 Å². The molecule has 0 spiro atoms. The van der Waals surface area contributed by atoms with Crippen molar-refractivity contribution >= 4 is 0 Å². The molecule has 1 aliphatic heterocycles. The van der Waals surface area contributed by atoms with Crippen molar-refractivity contribution in [1.82, 2.24) is 0 Å². The van der Waals surface area contributed by atoms with E-state index in [2.05, 4.69) is 12.0 Å². The molecule has 0 amide bonds. The third-order valence-electron chi connectivity index (χ3n) is 1.92. The van der Waals surface area contributed by atoms with Gasteiger partial charge >= 0.3 is 0 Å². The fourth-order valence-electron chi connectivity index (χ4n) is 1.41. The van der Waals surface area contributed by atoms with Crippen molar-refractivity contribution in [2.75, 3.05) is 19.7 Å². The molecule has 1 heterocycles. The highest BCUT2D eigenvalue weighted by molar-refractivity contribution is 4.96. The van der Waals surface area contributed by atoms with Crippen molar-refractivity contribution < 1.29 is 27.0 Å². The Labute approximate surface area is 97.0 Å². The molecule has 0 aliphatic carbocycles. The SMILES string of the molecule is C#CCO[N+]1(CC(C)O)C=[C+]C=CC1.[Cl-]. The standard InChI is InChI=1S/C11H15NO2.ClH/c1-3-9-14-12(10-11(2)13)7-5-4-6-8-12;/h1,4-5,8,11,13H,7,9-10H2,2H3;1H/q+2;/p-1. The molecule has 1 N–H and O–H groups in total. The number of rotatable bonds is 4. The number of hydroxylamine groups is 3. The second kappa shape index (κ2) is 6.58. The Hall–Kier alpha value is -0.880. The minimum atomic E-state index is -0.433. The molecule has 2 atom stereocenters. The van der Waals surface area contributed by atoms with Crippen LogP contribution in [0.5, 0.6) is 0 Å². The van der Waals surface area contributed by atoms with Gasteiger partial charge in [-0.15, -0.1) is 11.1 Å². The number of allylic oxidation sites excluding steroid dienone is 2. The molecule has 0 bridgehead atoms. The van der Waals surface area contributed by atoms with Crippen LogP contribution in [-0.2, 0) is 4.84 Å². The lowest BCUT2D eigenvalue weighted by Crippen LogP contribution is -3.00. The summed E-state index contributed by atoms with van der Waals surface area (Å²) in [7, 11) is 0. The minimum absolute atomic E-state index is 0. The topological polar surface area (TPSA) is 29.5 Å². The average Bonchev–Trinajstić information content (AvgIpc) is 2.15. The van der Waals surface area contributed by atoms with E-state index in [9.17, 15) is 5.11 Å². The molecule has 0 saturated heterocycles. The predicted octanol–water partition coefficient (Wildman–Crippen LogP) is -2.36. The Kier molecular flexibility index (Phi) is 6.19. The lowest BCUT2D eigenvalue weighted by molar-refractivity contribution is -1.06. The van der Waals surface area contributed by atoms with Crippen LogP contribution in [0.25, 0.3) is 0 Å². The maximum absolute atomic E-state index is 9.35. The quantitative estimate of drug-likeness (QED) is 0.332. The molecule has 1 rings (SSSR count). The Morgan fingerprint density at radius 2 is 2.47 bits per heavy atom. The number of aliphatic hydroxyl groups is 1. The van der Waals surface area contributed by atoms with Crippen LogP contribution in [0.2, 0.25) is 0 Å². The second-order valence-electron chi connectivity index (χ2n) is 3.34. The normalized spacial score (nSPS) is 24.9. The van der Waals surface area contributed by atoms with Gasteiger partial charge < -0.3 is 17.5 Å². The molecule has 3 nitrogen and oxygen atoms in total. The van der Waals surface area contributed by atoms with Crippen LogP contribution >= 0.6 is 0 Å². The molecule has 0 aromatic heterocycles. The summed E-state index contributed by atoms with van der Waals surface area (Å²) in [6.45, 7) is 3.13. The van der Waals surface area contributed by atoms with Crippen molar-refractivity contribution in [3.05, 3.63) is 24.4 Å². The van der Waals surface area contributed by atoms with Gasteiger partial charge in [0, 0.05) is 0 Å². The Morgan fingerprint density at radius 1 is 1.73 bits per heavy atom. The van der Waals surface area contributed by atoms with E-state index < -0.39 is 6.10 Å². The Bertz CT molecular complexity index is 281. The Balaban J connectivity index is 0.00000196. The lowest BCUT2D eigenvalue weighted by Gasteiger charge is -2.28. The summed E-state index contributed by atoms with van der Waals surface area (Å²) in [5, 5.41) is 9.35. The van der Waals surface area contributed by atoms with Crippen LogP contribution in [0.3, 0.4) is 0 Å². The number of halogens is 1. The third kappa shape index (κ3) is 4.44.